The van der Waals surface area contributed by atoms with Crippen molar-refractivity contribution in [2.75, 3.05) is 0 Å². The fourth-order valence-electron chi connectivity index (χ4n) is 4.14. The highest BCUT2D eigenvalue weighted by Crippen LogP contribution is 2.56. The number of hydrogen-bond acceptors (Lipinski definition) is 4. The Morgan fingerprint density at radius 3 is 2.67 bits per heavy atom. The second-order valence-electron chi connectivity index (χ2n) is 7.46. The predicted octanol–water partition coefficient (Wildman–Crippen LogP) is 3.06. The fourth-order valence-corrected chi connectivity index (χ4v) is 4.54. The molecule has 7 heteroatoms. The molecule has 6 nitrogen and oxygen atoms in total. The number of benzene rings is 1. The zero-order chi connectivity index (χ0) is 19.0. The molecule has 2 fully saturated rings. The first kappa shape index (κ1) is 18.0. The molecule has 0 atom stereocenters. The van der Waals surface area contributed by atoms with E-state index in [4.69, 9.17) is 10.5 Å². The van der Waals surface area contributed by atoms with Gasteiger partial charge >= 0.3 is 0 Å². The summed E-state index contributed by atoms with van der Waals surface area (Å²) in [5, 5.41) is 3.10. The normalized spacial score (nSPS) is 26.0. The van der Waals surface area contributed by atoms with Gasteiger partial charge in [-0.2, -0.15) is 0 Å². The van der Waals surface area contributed by atoms with E-state index in [0.717, 1.165) is 30.2 Å². The summed E-state index contributed by atoms with van der Waals surface area (Å²) < 4.78 is 6.76. The van der Waals surface area contributed by atoms with Crippen LogP contribution in [-0.2, 0) is 0 Å². The van der Waals surface area contributed by atoms with Crippen LogP contribution in [0.25, 0.3) is 0 Å². The molecule has 2 aromatic rings. The summed E-state index contributed by atoms with van der Waals surface area (Å²) in [6.45, 7) is 0. The third kappa shape index (κ3) is 3.69. The molecule has 4 rings (SSSR count). The Hall–Kier alpha value is -2.41. The summed E-state index contributed by atoms with van der Waals surface area (Å²) in [5.41, 5.74) is 6.57. The lowest BCUT2D eigenvalue weighted by Gasteiger charge is -2.57. The van der Waals surface area contributed by atoms with E-state index in [1.165, 1.54) is 0 Å². The maximum Gasteiger partial charge on any atom is 0.254 e. The molecule has 1 aromatic carbocycles. The average molecular weight is 430 g/mol. The zero-order valence-electron chi connectivity index (χ0n) is 14.7. The molecule has 0 bridgehead atoms. The van der Waals surface area contributed by atoms with Crippen molar-refractivity contribution in [3.8, 4) is 5.88 Å². The molecule has 3 N–H and O–H groups in total. The average Bonchev–Trinajstić information content (AvgIpc) is 2.58. The highest BCUT2D eigenvalue weighted by atomic mass is 79.9. The number of nitrogens with zero attached hydrogens (tertiary/aromatic N) is 1. The van der Waals surface area contributed by atoms with Crippen molar-refractivity contribution in [2.45, 2.75) is 37.8 Å². The molecular formula is C20H20BrN3O3. The number of ether oxygens (including phenoxy) is 1. The van der Waals surface area contributed by atoms with Crippen LogP contribution >= 0.6 is 15.9 Å². The number of amides is 2. The van der Waals surface area contributed by atoms with E-state index >= 15 is 0 Å². The first-order valence-corrected chi connectivity index (χ1v) is 9.71. The van der Waals surface area contributed by atoms with Crippen molar-refractivity contribution in [1.29, 1.82) is 0 Å². The SMILES string of the molecule is NC(=O)c1cccnc1OC1CC2(CC(NC(=O)c3cccc(Br)c3)C2)C1. The number of carbonyl (C=O) groups is 2. The minimum absolute atomic E-state index is 0.0390. The van der Waals surface area contributed by atoms with Crippen LogP contribution in [0.5, 0.6) is 5.88 Å². The molecule has 0 radical (unpaired) electrons. The molecule has 0 aliphatic heterocycles. The van der Waals surface area contributed by atoms with Gasteiger partial charge in [-0.3, -0.25) is 9.59 Å². The van der Waals surface area contributed by atoms with Crippen LogP contribution in [-0.4, -0.2) is 28.9 Å². The van der Waals surface area contributed by atoms with Crippen LogP contribution in [0, 0.1) is 5.41 Å². The van der Waals surface area contributed by atoms with E-state index in [-0.39, 0.29) is 23.5 Å². The van der Waals surface area contributed by atoms with Gasteiger partial charge in [0, 0.05) is 22.3 Å². The number of pyridine rings is 1. The molecule has 1 spiro atoms. The Labute approximate surface area is 165 Å². The largest absolute Gasteiger partial charge is 0.474 e. The van der Waals surface area contributed by atoms with Gasteiger partial charge in [0.2, 0.25) is 5.88 Å². The lowest BCUT2D eigenvalue weighted by molar-refractivity contribution is -0.0848. The van der Waals surface area contributed by atoms with Gasteiger partial charge in [0.25, 0.3) is 11.8 Å². The minimum Gasteiger partial charge on any atom is -0.474 e. The first-order valence-electron chi connectivity index (χ1n) is 8.92. The smallest absolute Gasteiger partial charge is 0.254 e. The monoisotopic (exact) mass is 429 g/mol. The van der Waals surface area contributed by atoms with E-state index in [1.807, 2.05) is 24.3 Å². The van der Waals surface area contributed by atoms with Crippen LogP contribution in [0.2, 0.25) is 0 Å². The third-order valence-corrected chi connectivity index (χ3v) is 5.91. The Balaban J connectivity index is 1.27. The molecule has 1 heterocycles. The lowest BCUT2D eigenvalue weighted by atomic mass is 9.53. The summed E-state index contributed by atoms with van der Waals surface area (Å²) in [6.07, 6.45) is 5.36. The summed E-state index contributed by atoms with van der Waals surface area (Å²) in [5.74, 6) is -0.266. The van der Waals surface area contributed by atoms with Gasteiger partial charge in [0.05, 0.1) is 0 Å². The quantitative estimate of drug-likeness (QED) is 0.763. The van der Waals surface area contributed by atoms with Crippen molar-refractivity contribution in [3.05, 3.63) is 58.2 Å². The van der Waals surface area contributed by atoms with Gasteiger partial charge in [-0.1, -0.05) is 22.0 Å². The highest BCUT2D eigenvalue weighted by molar-refractivity contribution is 9.10. The Morgan fingerprint density at radius 1 is 1.19 bits per heavy atom. The third-order valence-electron chi connectivity index (χ3n) is 5.42. The number of nitrogens with two attached hydrogens (primary N) is 1. The fraction of sp³-hybridized carbons (Fsp3) is 0.350. The van der Waals surface area contributed by atoms with Gasteiger partial charge in [-0.25, -0.2) is 4.98 Å². The topological polar surface area (TPSA) is 94.3 Å². The maximum absolute atomic E-state index is 12.3. The molecule has 0 saturated heterocycles. The van der Waals surface area contributed by atoms with Crippen molar-refractivity contribution in [2.24, 2.45) is 11.1 Å². The molecule has 0 unspecified atom stereocenters. The van der Waals surface area contributed by atoms with E-state index in [2.05, 4.69) is 26.2 Å². The molecule has 2 amide bonds. The Morgan fingerprint density at radius 2 is 1.96 bits per heavy atom. The second kappa shape index (κ2) is 6.96. The van der Waals surface area contributed by atoms with Crippen molar-refractivity contribution < 1.29 is 14.3 Å². The number of nitrogens with one attached hydrogen (secondary N) is 1. The lowest BCUT2D eigenvalue weighted by Crippen LogP contribution is -2.58. The van der Waals surface area contributed by atoms with E-state index in [9.17, 15) is 9.59 Å². The zero-order valence-corrected chi connectivity index (χ0v) is 16.2. The van der Waals surface area contributed by atoms with Gasteiger partial charge in [-0.05, 0) is 61.4 Å². The van der Waals surface area contributed by atoms with Crippen LogP contribution in [0.4, 0.5) is 0 Å². The molecular weight excluding hydrogens is 410 g/mol. The number of halogens is 1. The molecule has 2 aliphatic carbocycles. The molecule has 27 heavy (non-hydrogen) atoms. The van der Waals surface area contributed by atoms with Crippen LogP contribution in [0.1, 0.15) is 46.4 Å². The summed E-state index contributed by atoms with van der Waals surface area (Å²) in [4.78, 5) is 27.9. The van der Waals surface area contributed by atoms with Crippen molar-refractivity contribution in [3.63, 3.8) is 0 Å². The van der Waals surface area contributed by atoms with E-state index in [1.54, 1.807) is 18.3 Å². The minimum atomic E-state index is -0.536. The first-order chi connectivity index (χ1) is 12.9. The van der Waals surface area contributed by atoms with Crippen LogP contribution < -0.4 is 15.8 Å². The Bertz CT molecular complexity index is 888. The van der Waals surface area contributed by atoms with Crippen molar-refractivity contribution >= 4 is 27.7 Å². The van der Waals surface area contributed by atoms with Crippen molar-refractivity contribution in [1.82, 2.24) is 10.3 Å². The van der Waals surface area contributed by atoms with Gasteiger partial charge < -0.3 is 15.8 Å². The second-order valence-corrected chi connectivity index (χ2v) is 8.37. The van der Waals surface area contributed by atoms with Crippen LogP contribution in [0.15, 0.2) is 47.1 Å². The number of hydrogen-bond donors (Lipinski definition) is 2. The van der Waals surface area contributed by atoms with E-state index in [0.29, 0.717) is 17.0 Å². The standard InChI is InChI=1S/C20H20BrN3O3/c21-13-4-1-3-12(7-13)18(26)24-14-8-20(9-14)10-15(11-20)27-19-16(17(22)25)5-2-6-23-19/h1-7,14-15H,8-11H2,(H2,22,25)(H,24,26). The number of primary amides is 1. The highest BCUT2D eigenvalue weighted by Gasteiger charge is 2.54. The Kier molecular flexibility index (Phi) is 4.63. The molecule has 2 saturated carbocycles. The van der Waals surface area contributed by atoms with Gasteiger partial charge in [-0.15, -0.1) is 0 Å². The van der Waals surface area contributed by atoms with Gasteiger partial charge in [0.15, 0.2) is 0 Å². The predicted molar refractivity (Wildman–Crippen MR) is 103 cm³/mol. The summed E-state index contributed by atoms with van der Waals surface area (Å²) >= 11 is 3.39. The summed E-state index contributed by atoms with van der Waals surface area (Å²) in [6, 6.07) is 10.9. The number of aromatic nitrogens is 1. The maximum atomic E-state index is 12.3. The molecule has 1 aromatic heterocycles. The number of rotatable bonds is 5. The van der Waals surface area contributed by atoms with Gasteiger partial charge in [0.1, 0.15) is 11.7 Å². The van der Waals surface area contributed by atoms with E-state index < -0.39 is 5.91 Å². The summed E-state index contributed by atoms with van der Waals surface area (Å²) in [7, 11) is 0. The molecule has 140 valence electrons. The van der Waals surface area contributed by atoms with Crippen LogP contribution in [0.3, 0.4) is 0 Å². The molecule has 2 aliphatic rings. The number of carbonyl (C=O) groups excluding carboxylic acids is 2.